The minimum absolute atomic E-state index is 0.479. The van der Waals surface area contributed by atoms with E-state index in [1.807, 2.05) is 4.98 Å². The van der Waals surface area contributed by atoms with Gasteiger partial charge < -0.3 is 20.1 Å². The van der Waals surface area contributed by atoms with Gasteiger partial charge in [-0.2, -0.15) is 0 Å². The lowest BCUT2D eigenvalue weighted by molar-refractivity contribution is -0.0550. The van der Waals surface area contributed by atoms with E-state index in [0.29, 0.717) is 0 Å². The number of ether oxygens (including phenoxy) is 1. The van der Waals surface area contributed by atoms with Gasteiger partial charge in [-0.3, -0.25) is 14.3 Å². The maximum Gasteiger partial charge on any atom is 0.330 e. The standard InChI is InChI=1S/C9H12N2O6/c12-3-4-6(14)7(15)8(17-4)11-2-1-5(13)10-9(11)16/h1-2,4,6-8,12,14-15H,3H2,(H,10,13,16)/t4-,6-,7-,8-/m1/s1/i13+1,16+1. The van der Waals surface area contributed by atoms with Crippen molar-refractivity contribution in [2.24, 2.45) is 0 Å². The van der Waals surface area contributed by atoms with E-state index in [4.69, 9.17) is 9.84 Å². The number of aliphatic hydroxyl groups is 3. The first-order valence-corrected chi connectivity index (χ1v) is 4.98. The fraction of sp³-hybridized carbons (Fsp3) is 0.556. The van der Waals surface area contributed by atoms with E-state index in [-0.39, 0.29) is 0 Å². The second kappa shape index (κ2) is 4.41. The molecule has 0 radical (unpaired) electrons. The Labute approximate surface area is 94.7 Å². The van der Waals surface area contributed by atoms with E-state index < -0.39 is 42.4 Å². The Morgan fingerprint density at radius 3 is 2.59 bits per heavy atom. The molecule has 0 aliphatic carbocycles. The summed E-state index contributed by atoms with van der Waals surface area (Å²) in [5, 5.41) is 28.1. The number of aromatic nitrogens is 2. The molecule has 0 spiro atoms. The first kappa shape index (κ1) is 12.0. The molecule has 1 saturated heterocycles. The third-order valence-electron chi connectivity index (χ3n) is 2.64. The molecule has 1 aliphatic rings. The van der Waals surface area contributed by atoms with Crippen LogP contribution in [0.15, 0.2) is 21.9 Å². The molecule has 0 saturated carbocycles. The molecule has 0 aromatic carbocycles. The molecule has 2 heterocycles. The summed E-state index contributed by atoms with van der Waals surface area (Å²) in [4.78, 5) is 24.3. The maximum atomic E-state index is 11.4. The first-order valence-electron chi connectivity index (χ1n) is 4.98. The fourth-order valence-electron chi connectivity index (χ4n) is 1.74. The summed E-state index contributed by atoms with van der Waals surface area (Å²) in [6.45, 7) is -0.479. The van der Waals surface area contributed by atoms with Crippen molar-refractivity contribution in [3.8, 4) is 0 Å². The number of aliphatic hydroxyl groups excluding tert-OH is 3. The lowest BCUT2D eigenvalue weighted by atomic mass is 10.1. The normalized spacial score (nSPS) is 32.9. The number of hydrogen-bond acceptors (Lipinski definition) is 6. The van der Waals surface area contributed by atoms with E-state index in [2.05, 4.69) is 0 Å². The Kier molecular flexibility index (Phi) is 3.11. The highest BCUT2D eigenvalue weighted by Crippen LogP contribution is 2.27. The molecule has 1 aliphatic heterocycles. The molecular formula is C9H12N2O6. The van der Waals surface area contributed by atoms with Gasteiger partial charge in [0, 0.05) is 12.3 Å². The van der Waals surface area contributed by atoms with E-state index in [1.165, 1.54) is 0 Å². The van der Waals surface area contributed by atoms with Crippen molar-refractivity contribution >= 4 is 0 Å². The zero-order valence-electron chi connectivity index (χ0n) is 8.68. The van der Waals surface area contributed by atoms with Crippen molar-refractivity contribution in [1.82, 2.24) is 9.55 Å². The molecule has 4 atom stereocenters. The van der Waals surface area contributed by atoms with Crippen molar-refractivity contribution in [3.63, 3.8) is 0 Å². The average Bonchev–Trinajstić information content (AvgIpc) is 2.57. The quantitative estimate of drug-likeness (QED) is 0.445. The molecule has 94 valence electrons. The monoisotopic (exact) mass is 246 g/mol. The molecule has 1 fully saturated rings. The SMILES string of the molecule is OC[C@H]1O[C@@H](n2ccc(=[17O])[nH]c2=[17O])[C@H](O)[C@@H]1O. The molecule has 2 rings (SSSR count). The van der Waals surface area contributed by atoms with Gasteiger partial charge in [0.2, 0.25) is 0 Å². The Bertz CT molecular complexity index is 509. The van der Waals surface area contributed by atoms with Gasteiger partial charge in [-0.25, -0.2) is 4.79 Å². The van der Waals surface area contributed by atoms with E-state index >= 15 is 0 Å². The predicted octanol–water partition coefficient (Wildman–Crippen LogP) is -2.85. The summed E-state index contributed by atoms with van der Waals surface area (Å²) in [6.07, 6.45) is -3.58. The van der Waals surface area contributed by atoms with Crippen molar-refractivity contribution < 1.29 is 20.1 Å². The lowest BCUT2D eigenvalue weighted by Crippen LogP contribution is -2.37. The van der Waals surface area contributed by atoms with Gasteiger partial charge in [0.1, 0.15) is 18.3 Å². The van der Waals surface area contributed by atoms with Crippen LogP contribution >= 0.6 is 0 Å². The third-order valence-corrected chi connectivity index (χ3v) is 2.64. The van der Waals surface area contributed by atoms with Crippen LogP contribution in [0.4, 0.5) is 0 Å². The minimum atomic E-state index is -1.35. The summed E-state index contributed by atoms with van der Waals surface area (Å²) in [5.41, 5.74) is -1.33. The topological polar surface area (TPSA) is 125 Å². The van der Waals surface area contributed by atoms with Crippen LogP contribution in [-0.4, -0.2) is 49.8 Å². The van der Waals surface area contributed by atoms with Crippen molar-refractivity contribution in [2.45, 2.75) is 24.5 Å². The summed E-state index contributed by atoms with van der Waals surface area (Å²) in [7, 11) is 0. The van der Waals surface area contributed by atoms with Crippen LogP contribution in [0.2, 0.25) is 0 Å². The van der Waals surface area contributed by atoms with Crippen LogP contribution in [0.25, 0.3) is 0 Å². The molecule has 17 heavy (non-hydrogen) atoms. The predicted molar refractivity (Wildman–Crippen MR) is 54.3 cm³/mol. The number of H-pyrrole nitrogens is 1. The third kappa shape index (κ3) is 2.03. The van der Waals surface area contributed by atoms with Gasteiger partial charge in [-0.05, 0) is 0 Å². The van der Waals surface area contributed by atoms with Crippen LogP contribution in [0, 0.1) is 0 Å². The summed E-state index contributed by atoms with van der Waals surface area (Å²) >= 11 is 0. The van der Waals surface area contributed by atoms with Crippen LogP contribution in [0.1, 0.15) is 6.23 Å². The van der Waals surface area contributed by atoms with Crippen molar-refractivity contribution in [2.75, 3.05) is 6.61 Å². The second-order valence-electron chi connectivity index (χ2n) is 3.75. The highest BCUT2D eigenvalue weighted by Gasteiger charge is 2.43. The first-order chi connectivity index (χ1) is 8.04. The Balaban J connectivity index is 2.35. The van der Waals surface area contributed by atoms with Crippen LogP contribution in [-0.2, 0) is 4.74 Å². The molecule has 8 nitrogen and oxygen atoms in total. The summed E-state index contributed by atoms with van der Waals surface area (Å²) in [6, 6.07) is 1.09. The molecular weight excluding hydrogens is 234 g/mol. The van der Waals surface area contributed by atoms with Gasteiger partial charge >= 0.3 is 5.69 Å². The molecule has 8 heteroatoms. The lowest BCUT2D eigenvalue weighted by Gasteiger charge is -2.16. The largest absolute Gasteiger partial charge is 0.394 e. The van der Waals surface area contributed by atoms with Crippen LogP contribution in [0.5, 0.6) is 0 Å². The van der Waals surface area contributed by atoms with Crippen molar-refractivity contribution in [1.29, 1.82) is 0 Å². The van der Waals surface area contributed by atoms with Crippen LogP contribution < -0.4 is 11.2 Å². The minimum Gasteiger partial charge on any atom is -0.394 e. The fourth-order valence-corrected chi connectivity index (χ4v) is 1.74. The molecule has 1 aromatic rings. The molecule has 1 aromatic heterocycles. The van der Waals surface area contributed by atoms with Gasteiger partial charge in [0.05, 0.1) is 6.61 Å². The Morgan fingerprint density at radius 1 is 1.35 bits per heavy atom. The highest BCUT2D eigenvalue weighted by atomic mass is 17.1. The van der Waals surface area contributed by atoms with Crippen molar-refractivity contribution in [3.05, 3.63) is 33.1 Å². The molecule has 4 N–H and O–H groups in total. The Morgan fingerprint density at radius 2 is 2.06 bits per heavy atom. The second-order valence-corrected chi connectivity index (χ2v) is 3.75. The number of nitrogens with one attached hydrogen (secondary N) is 1. The maximum absolute atomic E-state index is 11.4. The zero-order valence-corrected chi connectivity index (χ0v) is 8.68. The van der Waals surface area contributed by atoms with Gasteiger partial charge in [-0.15, -0.1) is 0 Å². The van der Waals surface area contributed by atoms with E-state index in [0.717, 1.165) is 16.8 Å². The van der Waals surface area contributed by atoms with Gasteiger partial charge in [0.25, 0.3) is 5.56 Å². The number of hydrogen-bond donors (Lipinski definition) is 4. The smallest absolute Gasteiger partial charge is 0.330 e. The van der Waals surface area contributed by atoms with Gasteiger partial charge in [-0.1, -0.05) is 0 Å². The summed E-state index contributed by atoms with van der Waals surface area (Å²) < 4.78 is 6.08. The number of rotatable bonds is 2. The van der Waals surface area contributed by atoms with E-state index in [9.17, 15) is 19.8 Å². The van der Waals surface area contributed by atoms with Crippen LogP contribution in [0.3, 0.4) is 0 Å². The number of aromatic amines is 1. The number of nitrogens with zero attached hydrogens (tertiary/aromatic N) is 1. The Hall–Kier alpha value is -1.48. The molecule has 0 unspecified atom stereocenters. The van der Waals surface area contributed by atoms with Gasteiger partial charge in [0.15, 0.2) is 6.23 Å². The van der Waals surface area contributed by atoms with E-state index in [1.54, 1.807) is 0 Å². The highest BCUT2D eigenvalue weighted by molar-refractivity contribution is 4.92. The molecule has 0 bridgehead atoms. The average molecular weight is 246 g/mol. The summed E-state index contributed by atoms with van der Waals surface area (Å²) in [5.74, 6) is 0. The molecule has 0 amide bonds. The zero-order chi connectivity index (χ0) is 12.6.